The van der Waals surface area contributed by atoms with Crippen LogP contribution in [0.3, 0.4) is 0 Å². The molecule has 4 rings (SSSR count). The van der Waals surface area contributed by atoms with E-state index in [9.17, 15) is 18.4 Å². The fraction of sp³-hybridized carbons (Fsp3) is 0.235. The summed E-state index contributed by atoms with van der Waals surface area (Å²) in [5.74, 6) is -0.0387. The van der Waals surface area contributed by atoms with Crippen molar-refractivity contribution in [2.45, 2.75) is 26.5 Å². The monoisotopic (exact) mass is 392 g/mol. The summed E-state index contributed by atoms with van der Waals surface area (Å²) < 4.78 is 31.7. The maximum atomic E-state index is 12.7. The SMILES string of the molecule is CC(C)n1[nH]c(=O)c2c(-c3cccc(OC(F)F)c3)c3sc(=O)[nH]c3nc21. The summed E-state index contributed by atoms with van der Waals surface area (Å²) >= 11 is 0.910. The van der Waals surface area contributed by atoms with Gasteiger partial charge in [-0.3, -0.25) is 24.4 Å². The lowest BCUT2D eigenvalue weighted by Crippen LogP contribution is -2.08. The highest BCUT2D eigenvalue weighted by Gasteiger charge is 2.21. The number of aromatic nitrogens is 4. The van der Waals surface area contributed by atoms with E-state index < -0.39 is 6.61 Å². The zero-order valence-corrected chi connectivity index (χ0v) is 15.1. The van der Waals surface area contributed by atoms with Crippen molar-refractivity contribution in [2.75, 3.05) is 0 Å². The summed E-state index contributed by atoms with van der Waals surface area (Å²) in [6.07, 6.45) is 0. The summed E-state index contributed by atoms with van der Waals surface area (Å²) in [7, 11) is 0. The Labute approximate surface area is 154 Å². The molecule has 0 saturated heterocycles. The number of benzene rings is 1. The van der Waals surface area contributed by atoms with Gasteiger partial charge in [-0.1, -0.05) is 23.5 Å². The van der Waals surface area contributed by atoms with Gasteiger partial charge in [0.1, 0.15) is 5.75 Å². The van der Waals surface area contributed by atoms with Crippen LogP contribution in [-0.2, 0) is 0 Å². The predicted octanol–water partition coefficient (Wildman–Crippen LogP) is 3.48. The molecule has 10 heteroatoms. The highest BCUT2D eigenvalue weighted by Crippen LogP contribution is 2.36. The highest BCUT2D eigenvalue weighted by molar-refractivity contribution is 7.17. The number of hydrogen-bond acceptors (Lipinski definition) is 5. The van der Waals surface area contributed by atoms with Crippen molar-refractivity contribution in [3.05, 3.63) is 44.3 Å². The normalized spacial score (nSPS) is 11.9. The maximum absolute atomic E-state index is 12.7. The Morgan fingerprint density at radius 1 is 1.26 bits per heavy atom. The number of thiazole rings is 1. The molecule has 0 aliphatic carbocycles. The predicted molar refractivity (Wildman–Crippen MR) is 98.8 cm³/mol. The Hall–Kier alpha value is -3.01. The van der Waals surface area contributed by atoms with Gasteiger partial charge in [0, 0.05) is 11.6 Å². The number of aromatic amines is 2. The third-order valence-electron chi connectivity index (χ3n) is 4.09. The van der Waals surface area contributed by atoms with Gasteiger partial charge >= 0.3 is 11.5 Å². The van der Waals surface area contributed by atoms with Crippen molar-refractivity contribution in [3.8, 4) is 16.9 Å². The van der Waals surface area contributed by atoms with Gasteiger partial charge in [-0.25, -0.2) is 4.98 Å². The van der Waals surface area contributed by atoms with Crippen molar-refractivity contribution >= 4 is 32.7 Å². The first-order valence-corrected chi connectivity index (χ1v) is 8.89. The average molecular weight is 392 g/mol. The number of pyridine rings is 1. The third-order valence-corrected chi connectivity index (χ3v) is 4.98. The molecule has 1 aromatic carbocycles. The van der Waals surface area contributed by atoms with E-state index >= 15 is 0 Å². The molecule has 3 heterocycles. The second-order valence-electron chi connectivity index (χ2n) is 6.19. The molecule has 0 atom stereocenters. The van der Waals surface area contributed by atoms with E-state index in [4.69, 9.17) is 0 Å². The van der Waals surface area contributed by atoms with E-state index in [1.165, 1.54) is 12.1 Å². The molecule has 0 saturated carbocycles. The molecule has 0 unspecified atom stereocenters. The minimum Gasteiger partial charge on any atom is -0.435 e. The lowest BCUT2D eigenvalue weighted by molar-refractivity contribution is -0.0498. The van der Waals surface area contributed by atoms with Crippen LogP contribution in [0, 0.1) is 0 Å². The lowest BCUT2D eigenvalue weighted by atomic mass is 10.0. The summed E-state index contributed by atoms with van der Waals surface area (Å²) in [4.78, 5) is 31.3. The largest absolute Gasteiger partial charge is 0.435 e. The van der Waals surface area contributed by atoms with Crippen LogP contribution >= 0.6 is 11.3 Å². The Morgan fingerprint density at radius 3 is 2.74 bits per heavy atom. The molecule has 0 radical (unpaired) electrons. The minimum atomic E-state index is -2.97. The number of H-pyrrole nitrogens is 2. The van der Waals surface area contributed by atoms with Crippen LogP contribution in [0.2, 0.25) is 0 Å². The third kappa shape index (κ3) is 2.91. The Morgan fingerprint density at radius 2 is 2.04 bits per heavy atom. The number of rotatable bonds is 4. The molecule has 0 aliphatic rings. The van der Waals surface area contributed by atoms with Crippen molar-refractivity contribution in [2.24, 2.45) is 0 Å². The molecular weight excluding hydrogens is 378 g/mol. The first-order valence-electron chi connectivity index (χ1n) is 8.07. The molecule has 0 aliphatic heterocycles. The van der Waals surface area contributed by atoms with Gasteiger partial charge in [-0.05, 0) is 31.5 Å². The van der Waals surface area contributed by atoms with Crippen LogP contribution < -0.4 is 15.2 Å². The van der Waals surface area contributed by atoms with Gasteiger partial charge in [-0.15, -0.1) is 0 Å². The first-order chi connectivity index (χ1) is 12.8. The number of fused-ring (bicyclic) bond motifs is 2. The summed E-state index contributed by atoms with van der Waals surface area (Å²) in [5, 5.41) is 3.04. The Balaban J connectivity index is 2.11. The fourth-order valence-corrected chi connectivity index (χ4v) is 3.89. The highest BCUT2D eigenvalue weighted by atomic mass is 32.1. The van der Waals surface area contributed by atoms with E-state index in [0.717, 1.165) is 11.3 Å². The van der Waals surface area contributed by atoms with E-state index in [2.05, 4.69) is 19.8 Å². The zero-order chi connectivity index (χ0) is 19.3. The zero-order valence-electron chi connectivity index (χ0n) is 14.2. The summed E-state index contributed by atoms with van der Waals surface area (Å²) in [5.41, 5.74) is 1.28. The van der Waals surface area contributed by atoms with Crippen molar-refractivity contribution < 1.29 is 13.5 Å². The smallest absolute Gasteiger partial charge is 0.387 e. The van der Waals surface area contributed by atoms with Gasteiger partial charge in [-0.2, -0.15) is 8.78 Å². The van der Waals surface area contributed by atoms with Crippen molar-refractivity contribution in [1.82, 2.24) is 19.7 Å². The van der Waals surface area contributed by atoms with Crippen molar-refractivity contribution in [1.29, 1.82) is 0 Å². The van der Waals surface area contributed by atoms with Gasteiger partial charge in [0.15, 0.2) is 11.3 Å². The Bertz CT molecular complexity index is 1270. The van der Waals surface area contributed by atoms with E-state index in [-0.39, 0.29) is 22.2 Å². The minimum absolute atomic E-state index is 0.0387. The topological polar surface area (TPSA) is 92.8 Å². The molecule has 2 N–H and O–H groups in total. The first kappa shape index (κ1) is 17.4. The van der Waals surface area contributed by atoms with Crippen LogP contribution in [0.5, 0.6) is 5.75 Å². The van der Waals surface area contributed by atoms with E-state index in [1.54, 1.807) is 16.8 Å². The van der Waals surface area contributed by atoms with E-state index in [0.29, 0.717) is 32.5 Å². The molecule has 27 heavy (non-hydrogen) atoms. The van der Waals surface area contributed by atoms with Crippen LogP contribution in [0.4, 0.5) is 8.78 Å². The second-order valence-corrected chi connectivity index (χ2v) is 7.17. The number of nitrogens with zero attached hydrogens (tertiary/aromatic N) is 2. The maximum Gasteiger partial charge on any atom is 0.387 e. The molecular formula is C17H14F2N4O3S. The molecule has 4 aromatic rings. The quantitative estimate of drug-likeness (QED) is 0.556. The lowest BCUT2D eigenvalue weighted by Gasteiger charge is -2.10. The van der Waals surface area contributed by atoms with Crippen LogP contribution in [0.1, 0.15) is 19.9 Å². The second kappa shape index (κ2) is 6.31. The summed E-state index contributed by atoms with van der Waals surface area (Å²) in [6.45, 7) is 0.800. The van der Waals surface area contributed by atoms with Crippen LogP contribution in [0.15, 0.2) is 33.9 Å². The molecule has 0 amide bonds. The van der Waals surface area contributed by atoms with Gasteiger partial charge in [0.2, 0.25) is 0 Å². The fourth-order valence-electron chi connectivity index (χ4n) is 3.04. The van der Waals surface area contributed by atoms with Crippen LogP contribution in [0.25, 0.3) is 32.5 Å². The summed E-state index contributed by atoms with van der Waals surface area (Å²) in [6, 6.07) is 5.95. The average Bonchev–Trinajstić information content (AvgIpc) is 3.12. The molecule has 3 aromatic heterocycles. The van der Waals surface area contributed by atoms with Crippen molar-refractivity contribution in [3.63, 3.8) is 0 Å². The van der Waals surface area contributed by atoms with E-state index in [1.807, 2.05) is 13.8 Å². The van der Waals surface area contributed by atoms with Gasteiger partial charge in [0.25, 0.3) is 5.56 Å². The molecule has 7 nitrogen and oxygen atoms in total. The number of hydrogen-bond donors (Lipinski definition) is 2. The van der Waals surface area contributed by atoms with Gasteiger partial charge < -0.3 is 4.74 Å². The molecule has 0 spiro atoms. The number of ether oxygens (including phenoxy) is 1. The number of alkyl halides is 2. The molecule has 140 valence electrons. The molecule has 0 bridgehead atoms. The number of nitrogens with one attached hydrogen (secondary N) is 2. The molecule has 0 fully saturated rings. The number of halogens is 2. The van der Waals surface area contributed by atoms with Crippen LogP contribution in [-0.4, -0.2) is 26.4 Å². The Kier molecular flexibility index (Phi) is 4.06. The standard InChI is InChI=1S/C17H14F2N4O3S/c1-7(2)23-14-11(15(24)22-23)10(12-13(20-14)21-17(25)27-12)8-4-3-5-9(6-8)26-16(18)19/h3-7,16H,1-2H3,(H,22,24)(H,20,21,25). The van der Waals surface area contributed by atoms with Gasteiger partial charge in [0.05, 0.1) is 10.1 Å².